The maximum atomic E-state index is 12.5. The summed E-state index contributed by atoms with van der Waals surface area (Å²) >= 11 is 1.57. The van der Waals surface area contributed by atoms with Gasteiger partial charge in [0, 0.05) is 17.8 Å². The van der Waals surface area contributed by atoms with Gasteiger partial charge in [-0.1, -0.05) is 5.21 Å². The minimum Gasteiger partial charge on any atom is -0.481 e. The quantitative estimate of drug-likeness (QED) is 0.925. The van der Waals surface area contributed by atoms with Gasteiger partial charge in [-0.2, -0.15) is 0 Å². The molecule has 6 nitrogen and oxygen atoms in total. The molecule has 0 unspecified atom stereocenters. The third-order valence-corrected chi connectivity index (χ3v) is 4.78. The van der Waals surface area contributed by atoms with Crippen molar-refractivity contribution in [2.24, 2.45) is 0 Å². The Kier molecular flexibility index (Phi) is 3.52. The molecule has 20 heavy (non-hydrogen) atoms. The lowest BCUT2D eigenvalue weighted by Crippen LogP contribution is -2.25. The molecule has 1 N–H and O–H groups in total. The summed E-state index contributed by atoms with van der Waals surface area (Å²) in [4.78, 5) is 25.0. The van der Waals surface area contributed by atoms with Gasteiger partial charge in [0.25, 0.3) is 5.56 Å². The normalized spacial score (nSPS) is 14.4. The number of aliphatic carboxylic acids is 1. The second-order valence-electron chi connectivity index (χ2n) is 5.01. The van der Waals surface area contributed by atoms with Gasteiger partial charge < -0.3 is 5.11 Å². The number of carbonyl (C=O) groups is 1. The van der Waals surface area contributed by atoms with Gasteiger partial charge >= 0.3 is 5.97 Å². The summed E-state index contributed by atoms with van der Waals surface area (Å²) in [5.41, 5.74) is 1.02. The number of aromatic nitrogens is 3. The summed E-state index contributed by atoms with van der Waals surface area (Å²) in [6.07, 6.45) is 4.66. The average Bonchev–Trinajstić information content (AvgIpc) is 2.80. The number of hydrogen-bond donors (Lipinski definition) is 1. The molecule has 0 radical (unpaired) electrons. The average molecular weight is 293 g/mol. The first-order chi connectivity index (χ1) is 9.66. The second-order valence-corrected chi connectivity index (χ2v) is 6.09. The topological polar surface area (TPSA) is 85.1 Å². The lowest BCUT2D eigenvalue weighted by atomic mass is 9.97. The minimum absolute atomic E-state index is 0.0356. The molecular weight excluding hydrogens is 278 g/mol. The van der Waals surface area contributed by atoms with Crippen LogP contribution >= 0.6 is 11.3 Å². The molecule has 0 saturated heterocycles. The third kappa shape index (κ3) is 2.33. The van der Waals surface area contributed by atoms with Crippen molar-refractivity contribution in [3.8, 4) is 0 Å². The Labute approximate surface area is 119 Å². The van der Waals surface area contributed by atoms with E-state index in [0.29, 0.717) is 18.4 Å². The molecule has 106 valence electrons. The van der Waals surface area contributed by atoms with Crippen molar-refractivity contribution in [2.45, 2.75) is 45.1 Å². The largest absolute Gasteiger partial charge is 0.481 e. The molecule has 3 rings (SSSR count). The number of rotatable bonds is 4. The van der Waals surface area contributed by atoms with E-state index in [1.165, 1.54) is 16.0 Å². The Morgan fingerprint density at radius 1 is 1.35 bits per heavy atom. The van der Waals surface area contributed by atoms with E-state index in [2.05, 4.69) is 10.3 Å². The summed E-state index contributed by atoms with van der Waals surface area (Å²) in [6.45, 7) is 0.304. The zero-order chi connectivity index (χ0) is 14.1. The second kappa shape index (κ2) is 5.32. The summed E-state index contributed by atoms with van der Waals surface area (Å²) in [5, 5.41) is 17.4. The van der Waals surface area contributed by atoms with Gasteiger partial charge in [0.15, 0.2) is 4.83 Å². The Morgan fingerprint density at radius 3 is 2.95 bits per heavy atom. The van der Waals surface area contributed by atoms with Gasteiger partial charge in [-0.25, -0.2) is 4.68 Å². The standard InChI is InChI=1S/C13H15N3O3S/c17-10(18)6-3-7-16-13(19)11-8-4-1-2-5-9(8)20-12(11)14-15-16/h1-7H2,(H,17,18). The number of hydrogen-bond acceptors (Lipinski definition) is 5. The van der Waals surface area contributed by atoms with E-state index in [1.807, 2.05) is 0 Å². The van der Waals surface area contributed by atoms with E-state index < -0.39 is 5.97 Å². The highest BCUT2D eigenvalue weighted by molar-refractivity contribution is 7.18. The first-order valence-corrected chi connectivity index (χ1v) is 7.58. The zero-order valence-electron chi connectivity index (χ0n) is 11.0. The van der Waals surface area contributed by atoms with Crippen LogP contribution in [0.2, 0.25) is 0 Å². The molecule has 0 bridgehead atoms. The zero-order valence-corrected chi connectivity index (χ0v) is 11.8. The summed E-state index contributed by atoms with van der Waals surface area (Å²) in [6, 6.07) is 0. The van der Waals surface area contributed by atoms with Crippen molar-refractivity contribution in [2.75, 3.05) is 0 Å². The molecule has 1 aliphatic rings. The van der Waals surface area contributed by atoms with Crippen molar-refractivity contribution >= 4 is 27.5 Å². The monoisotopic (exact) mass is 293 g/mol. The van der Waals surface area contributed by atoms with Crippen LogP contribution in [0.1, 0.15) is 36.1 Å². The van der Waals surface area contributed by atoms with Crippen molar-refractivity contribution in [3.63, 3.8) is 0 Å². The highest BCUT2D eigenvalue weighted by Crippen LogP contribution is 2.33. The molecule has 0 aliphatic heterocycles. The fourth-order valence-corrected chi connectivity index (χ4v) is 3.83. The van der Waals surface area contributed by atoms with Crippen molar-refractivity contribution in [3.05, 3.63) is 20.8 Å². The molecule has 0 spiro atoms. The van der Waals surface area contributed by atoms with Crippen LogP contribution in [0.5, 0.6) is 0 Å². The molecule has 0 fully saturated rings. The van der Waals surface area contributed by atoms with Crippen molar-refractivity contribution in [1.29, 1.82) is 0 Å². The number of aryl methyl sites for hydroxylation is 3. The third-order valence-electron chi connectivity index (χ3n) is 3.61. The number of thiophene rings is 1. The van der Waals surface area contributed by atoms with E-state index >= 15 is 0 Å². The molecule has 0 aromatic carbocycles. The van der Waals surface area contributed by atoms with E-state index in [-0.39, 0.29) is 12.0 Å². The van der Waals surface area contributed by atoms with Gasteiger partial charge in [0.2, 0.25) is 0 Å². The molecule has 1 aliphatic carbocycles. The Balaban J connectivity index is 1.97. The molecular formula is C13H15N3O3S. The van der Waals surface area contributed by atoms with E-state index in [0.717, 1.165) is 29.7 Å². The van der Waals surface area contributed by atoms with E-state index in [9.17, 15) is 9.59 Å². The maximum absolute atomic E-state index is 12.5. The van der Waals surface area contributed by atoms with Gasteiger partial charge in [0.1, 0.15) is 0 Å². The smallest absolute Gasteiger partial charge is 0.303 e. The molecule has 0 atom stereocenters. The van der Waals surface area contributed by atoms with E-state index in [1.54, 1.807) is 11.3 Å². The molecule has 0 saturated carbocycles. The van der Waals surface area contributed by atoms with Crippen LogP contribution in [0.25, 0.3) is 10.2 Å². The molecule has 7 heteroatoms. The predicted octanol–water partition coefficient (Wildman–Crippen LogP) is 1.60. The summed E-state index contributed by atoms with van der Waals surface area (Å²) in [7, 11) is 0. The van der Waals surface area contributed by atoms with Crippen molar-refractivity contribution < 1.29 is 9.90 Å². The van der Waals surface area contributed by atoms with Gasteiger partial charge in [0.05, 0.1) is 5.39 Å². The maximum Gasteiger partial charge on any atom is 0.303 e. The first kappa shape index (κ1) is 13.2. The molecule has 2 aromatic heterocycles. The first-order valence-electron chi connectivity index (χ1n) is 6.76. The SMILES string of the molecule is O=C(O)CCCn1nnc2sc3c(c2c1=O)CCCC3. The highest BCUT2D eigenvalue weighted by Gasteiger charge is 2.20. The molecule has 2 heterocycles. The molecule has 0 amide bonds. The van der Waals surface area contributed by atoms with Crippen LogP contribution in [0.4, 0.5) is 0 Å². The van der Waals surface area contributed by atoms with Crippen LogP contribution in [0.3, 0.4) is 0 Å². The predicted molar refractivity (Wildman–Crippen MR) is 75.2 cm³/mol. The number of carboxylic acid groups (broad SMARTS) is 1. The Hall–Kier alpha value is -1.76. The lowest BCUT2D eigenvalue weighted by molar-refractivity contribution is -0.137. The number of fused-ring (bicyclic) bond motifs is 3. The molecule has 2 aromatic rings. The fourth-order valence-electron chi connectivity index (χ4n) is 2.63. The van der Waals surface area contributed by atoms with Crippen LogP contribution in [-0.4, -0.2) is 26.1 Å². The Morgan fingerprint density at radius 2 is 2.15 bits per heavy atom. The number of nitrogens with zero attached hydrogens (tertiary/aromatic N) is 3. The van der Waals surface area contributed by atoms with Gasteiger partial charge in [-0.15, -0.1) is 16.4 Å². The van der Waals surface area contributed by atoms with Crippen LogP contribution < -0.4 is 5.56 Å². The van der Waals surface area contributed by atoms with Crippen LogP contribution in [0.15, 0.2) is 4.79 Å². The van der Waals surface area contributed by atoms with Crippen molar-refractivity contribution in [1.82, 2.24) is 15.0 Å². The van der Waals surface area contributed by atoms with Crippen LogP contribution in [0, 0.1) is 0 Å². The minimum atomic E-state index is -0.861. The summed E-state index contributed by atoms with van der Waals surface area (Å²) in [5.74, 6) is -0.861. The summed E-state index contributed by atoms with van der Waals surface area (Å²) < 4.78 is 1.30. The van der Waals surface area contributed by atoms with Crippen LogP contribution in [-0.2, 0) is 24.2 Å². The van der Waals surface area contributed by atoms with E-state index in [4.69, 9.17) is 5.11 Å². The van der Waals surface area contributed by atoms with Gasteiger partial charge in [-0.05, 0) is 37.7 Å². The fraction of sp³-hybridized carbons (Fsp3) is 0.538. The number of carboxylic acids is 1. The lowest BCUT2D eigenvalue weighted by Gasteiger charge is -2.10. The Bertz CT molecular complexity index is 719. The highest BCUT2D eigenvalue weighted by atomic mass is 32.1. The van der Waals surface area contributed by atoms with Gasteiger partial charge in [-0.3, -0.25) is 9.59 Å².